The van der Waals surface area contributed by atoms with Crippen molar-refractivity contribution >= 4 is 22.4 Å². The summed E-state index contributed by atoms with van der Waals surface area (Å²) in [7, 11) is 1.55. The molecule has 158 valence electrons. The lowest BCUT2D eigenvalue weighted by Crippen LogP contribution is -2.13. The van der Waals surface area contributed by atoms with E-state index in [9.17, 15) is 13.2 Å². The number of nitrogens with zero attached hydrogens (tertiary/aromatic N) is 2. The number of nitrogen functional groups attached to an aromatic ring is 1. The number of anilines is 2. The van der Waals surface area contributed by atoms with E-state index in [1.807, 2.05) is 0 Å². The van der Waals surface area contributed by atoms with E-state index in [0.29, 0.717) is 47.1 Å². The predicted octanol–water partition coefficient (Wildman–Crippen LogP) is 4.66. The summed E-state index contributed by atoms with van der Waals surface area (Å²) in [5, 5.41) is 3.94. The first kappa shape index (κ1) is 20.1. The third kappa shape index (κ3) is 3.55. The highest BCUT2D eigenvalue weighted by Crippen LogP contribution is 2.42. The average Bonchev–Trinajstić information content (AvgIpc) is 3.16. The number of rotatable bonds is 4. The van der Waals surface area contributed by atoms with Crippen LogP contribution in [-0.2, 0) is 12.6 Å². The largest absolute Gasteiger partial charge is 0.493 e. The highest BCUT2D eigenvalue weighted by atomic mass is 19.4. The lowest BCUT2D eigenvalue weighted by atomic mass is 10.0. The fourth-order valence-corrected chi connectivity index (χ4v) is 3.69. The summed E-state index contributed by atoms with van der Waals surface area (Å²) in [6.45, 7) is 4.06. The fourth-order valence-electron chi connectivity index (χ4n) is 3.69. The van der Waals surface area contributed by atoms with Crippen molar-refractivity contribution in [3.63, 3.8) is 0 Å². The number of halogens is 3. The van der Waals surface area contributed by atoms with Gasteiger partial charge < -0.3 is 20.5 Å². The summed E-state index contributed by atoms with van der Waals surface area (Å²) in [6, 6.07) is 4.84. The smallest absolute Gasteiger partial charge is 0.416 e. The van der Waals surface area contributed by atoms with E-state index >= 15 is 0 Å². The molecule has 0 radical (unpaired) electrons. The molecule has 0 saturated carbocycles. The SMILES string of the molecule is COc1cc2c(N[C@H](C)c3cc(N)cc(C(F)(F)F)c3)nc(C)nc2c2c1OCC2. The molecule has 30 heavy (non-hydrogen) atoms. The molecular formula is C21H21F3N4O2. The molecule has 1 aliphatic heterocycles. The van der Waals surface area contributed by atoms with Crippen LogP contribution >= 0.6 is 0 Å². The molecule has 1 atom stereocenters. The van der Waals surface area contributed by atoms with Crippen LogP contribution in [0.4, 0.5) is 24.7 Å². The number of methoxy groups -OCH3 is 1. The maximum absolute atomic E-state index is 13.2. The Morgan fingerprint density at radius 2 is 1.97 bits per heavy atom. The van der Waals surface area contributed by atoms with Gasteiger partial charge in [-0.25, -0.2) is 9.97 Å². The molecule has 2 aromatic carbocycles. The molecule has 0 amide bonds. The van der Waals surface area contributed by atoms with Gasteiger partial charge in [-0.15, -0.1) is 0 Å². The monoisotopic (exact) mass is 418 g/mol. The Kier molecular flexibility index (Phi) is 4.83. The summed E-state index contributed by atoms with van der Waals surface area (Å²) in [4.78, 5) is 9.06. The maximum atomic E-state index is 13.2. The molecule has 0 unspecified atom stereocenters. The Bertz CT molecular complexity index is 1130. The minimum absolute atomic E-state index is 0.0499. The van der Waals surface area contributed by atoms with Gasteiger partial charge in [-0.3, -0.25) is 0 Å². The first-order chi connectivity index (χ1) is 14.2. The van der Waals surface area contributed by atoms with E-state index in [0.717, 1.165) is 23.2 Å². The molecular weight excluding hydrogens is 397 g/mol. The van der Waals surface area contributed by atoms with Crippen LogP contribution in [0.1, 0.15) is 35.5 Å². The van der Waals surface area contributed by atoms with Gasteiger partial charge in [0, 0.05) is 23.1 Å². The summed E-state index contributed by atoms with van der Waals surface area (Å²) in [5.41, 5.74) is 7.07. The van der Waals surface area contributed by atoms with Crippen molar-refractivity contribution in [1.82, 2.24) is 9.97 Å². The number of nitrogens with one attached hydrogen (secondary N) is 1. The average molecular weight is 418 g/mol. The van der Waals surface area contributed by atoms with E-state index < -0.39 is 17.8 Å². The fraction of sp³-hybridized carbons (Fsp3) is 0.333. The van der Waals surface area contributed by atoms with Gasteiger partial charge in [-0.1, -0.05) is 0 Å². The van der Waals surface area contributed by atoms with Gasteiger partial charge in [0.25, 0.3) is 0 Å². The van der Waals surface area contributed by atoms with Crippen LogP contribution < -0.4 is 20.5 Å². The predicted molar refractivity (Wildman–Crippen MR) is 108 cm³/mol. The zero-order valence-electron chi connectivity index (χ0n) is 16.7. The number of hydrogen-bond acceptors (Lipinski definition) is 6. The number of hydrogen-bond donors (Lipinski definition) is 2. The Morgan fingerprint density at radius 3 is 2.67 bits per heavy atom. The zero-order valence-corrected chi connectivity index (χ0v) is 16.7. The standard InChI is InChI=1S/C21H21F3N4O2/c1-10(12-6-13(21(22,23)24)8-14(25)7-12)26-20-16-9-17(29-3)19-15(4-5-30-19)18(16)27-11(2)28-20/h6-10H,4-5,25H2,1-3H3,(H,26,27,28)/t10-/m1/s1. The Morgan fingerprint density at radius 1 is 1.20 bits per heavy atom. The molecule has 0 spiro atoms. The number of aryl methyl sites for hydroxylation is 1. The van der Waals surface area contributed by atoms with Gasteiger partial charge in [-0.05, 0) is 43.7 Å². The van der Waals surface area contributed by atoms with Gasteiger partial charge in [0.05, 0.1) is 30.8 Å². The number of benzene rings is 2. The Labute approximate surface area is 171 Å². The van der Waals surface area contributed by atoms with Crippen LogP contribution in [0.2, 0.25) is 0 Å². The summed E-state index contributed by atoms with van der Waals surface area (Å²) >= 11 is 0. The van der Waals surface area contributed by atoms with Crippen molar-refractivity contribution in [2.45, 2.75) is 32.5 Å². The third-order valence-electron chi connectivity index (χ3n) is 5.09. The highest BCUT2D eigenvalue weighted by molar-refractivity contribution is 5.95. The zero-order chi connectivity index (χ0) is 21.6. The summed E-state index contributed by atoms with van der Waals surface area (Å²) < 4.78 is 50.7. The normalized spacial score (nSPS) is 14.3. The van der Waals surface area contributed by atoms with Crippen LogP contribution in [0.25, 0.3) is 10.9 Å². The molecule has 1 aromatic heterocycles. The first-order valence-electron chi connectivity index (χ1n) is 9.42. The molecule has 0 fully saturated rings. The molecule has 6 nitrogen and oxygen atoms in total. The molecule has 4 rings (SSSR count). The quantitative estimate of drug-likeness (QED) is 0.600. The van der Waals surface area contributed by atoms with Crippen molar-refractivity contribution in [1.29, 1.82) is 0 Å². The van der Waals surface area contributed by atoms with E-state index in [-0.39, 0.29) is 5.69 Å². The lowest BCUT2D eigenvalue weighted by Gasteiger charge is -2.20. The van der Waals surface area contributed by atoms with Crippen LogP contribution in [0, 0.1) is 6.92 Å². The minimum Gasteiger partial charge on any atom is -0.493 e. The number of ether oxygens (including phenoxy) is 2. The second-order valence-corrected chi connectivity index (χ2v) is 7.25. The summed E-state index contributed by atoms with van der Waals surface area (Å²) in [5.74, 6) is 2.29. The highest BCUT2D eigenvalue weighted by Gasteiger charge is 2.31. The van der Waals surface area contributed by atoms with E-state index in [2.05, 4.69) is 15.3 Å². The van der Waals surface area contributed by atoms with Crippen molar-refractivity contribution in [2.75, 3.05) is 24.8 Å². The molecule has 9 heteroatoms. The topological polar surface area (TPSA) is 82.3 Å². The second kappa shape index (κ2) is 7.23. The third-order valence-corrected chi connectivity index (χ3v) is 5.09. The van der Waals surface area contributed by atoms with E-state index in [1.54, 1.807) is 27.0 Å². The van der Waals surface area contributed by atoms with Gasteiger partial charge in [0.15, 0.2) is 11.5 Å². The van der Waals surface area contributed by atoms with Crippen LogP contribution in [-0.4, -0.2) is 23.7 Å². The summed E-state index contributed by atoms with van der Waals surface area (Å²) in [6.07, 6.45) is -3.78. The van der Waals surface area contributed by atoms with Crippen molar-refractivity contribution < 1.29 is 22.6 Å². The van der Waals surface area contributed by atoms with E-state index in [1.165, 1.54) is 6.07 Å². The number of nitrogens with two attached hydrogens (primary N) is 1. The maximum Gasteiger partial charge on any atom is 0.416 e. The van der Waals surface area contributed by atoms with Crippen molar-refractivity contribution in [3.05, 3.63) is 46.8 Å². The number of alkyl halides is 3. The lowest BCUT2D eigenvalue weighted by molar-refractivity contribution is -0.137. The Hall–Kier alpha value is -3.23. The molecule has 3 aromatic rings. The van der Waals surface area contributed by atoms with Crippen LogP contribution in [0.5, 0.6) is 11.5 Å². The molecule has 0 saturated heterocycles. The minimum atomic E-state index is -4.48. The Balaban J connectivity index is 1.78. The first-order valence-corrected chi connectivity index (χ1v) is 9.42. The molecule has 2 heterocycles. The van der Waals surface area contributed by atoms with Gasteiger partial charge in [-0.2, -0.15) is 13.2 Å². The van der Waals surface area contributed by atoms with Crippen LogP contribution in [0.15, 0.2) is 24.3 Å². The van der Waals surface area contributed by atoms with Gasteiger partial charge >= 0.3 is 6.18 Å². The van der Waals surface area contributed by atoms with Gasteiger partial charge in [0.1, 0.15) is 11.6 Å². The molecule has 0 bridgehead atoms. The molecule has 3 N–H and O–H groups in total. The van der Waals surface area contributed by atoms with Gasteiger partial charge in [0.2, 0.25) is 0 Å². The molecule has 1 aliphatic rings. The van der Waals surface area contributed by atoms with E-state index in [4.69, 9.17) is 15.2 Å². The number of fused-ring (bicyclic) bond motifs is 3. The van der Waals surface area contributed by atoms with Crippen LogP contribution in [0.3, 0.4) is 0 Å². The van der Waals surface area contributed by atoms with Crippen molar-refractivity contribution in [3.8, 4) is 11.5 Å². The second-order valence-electron chi connectivity index (χ2n) is 7.25. The molecule has 0 aliphatic carbocycles. The number of aromatic nitrogens is 2. The van der Waals surface area contributed by atoms with Crippen molar-refractivity contribution in [2.24, 2.45) is 0 Å².